The number of hydrogen-bond donors (Lipinski definition) is 17. The monoisotopic (exact) mass is 1130 g/mol. The van der Waals surface area contributed by atoms with Crippen LogP contribution in [0.5, 0.6) is 0 Å². The second-order valence-electron chi connectivity index (χ2n) is 19.9. The van der Waals surface area contributed by atoms with Crippen molar-refractivity contribution in [3.05, 3.63) is 0 Å². The van der Waals surface area contributed by atoms with Gasteiger partial charge in [0.05, 0.1) is 38.5 Å². The fraction of sp³-hybridized carbons (Fsp3) is 0.891. The molecule has 6 saturated heterocycles. The number of amides is 6. The first-order valence-electron chi connectivity index (χ1n) is 26.0. The van der Waals surface area contributed by atoms with E-state index in [1.807, 2.05) is 11.8 Å². The Morgan fingerprint density at radius 2 is 1.08 bits per heavy atom. The molecule has 6 fully saturated rings. The maximum Gasteiger partial charge on any atom is 0.315 e. The molecule has 30 nitrogen and oxygen atoms in total. The molecule has 0 aromatic carbocycles. The average molecular weight is 1130 g/mol. The summed E-state index contributed by atoms with van der Waals surface area (Å²) in [7, 11) is 0. The lowest BCUT2D eigenvalue weighted by molar-refractivity contribution is -0.376. The number of unbranched alkanes of at least 4 members (excludes halogenated alkanes) is 3. The van der Waals surface area contributed by atoms with Gasteiger partial charge in [0.2, 0.25) is 23.6 Å². The molecule has 0 radical (unpaired) electrons. The van der Waals surface area contributed by atoms with Gasteiger partial charge in [0.15, 0.2) is 25.2 Å². The summed E-state index contributed by atoms with van der Waals surface area (Å²) >= 11 is 1.83. The van der Waals surface area contributed by atoms with Crippen LogP contribution in [0.15, 0.2) is 0 Å². The Labute approximate surface area is 447 Å². The Morgan fingerprint density at radius 1 is 0.571 bits per heavy atom. The van der Waals surface area contributed by atoms with Crippen LogP contribution in [0.3, 0.4) is 0 Å². The molecule has 6 rings (SSSR count). The second kappa shape index (κ2) is 30.0. The Hall–Kier alpha value is -3.26. The van der Waals surface area contributed by atoms with Gasteiger partial charge in [0, 0.05) is 57.4 Å². The maximum atomic E-state index is 12.8. The van der Waals surface area contributed by atoms with Gasteiger partial charge in [0.1, 0.15) is 97.5 Å². The maximum absolute atomic E-state index is 12.8. The minimum atomic E-state index is -2.04. The van der Waals surface area contributed by atoms with Crippen molar-refractivity contribution < 1.29 is 118 Å². The third kappa shape index (κ3) is 16.7. The number of carbonyl (C=O) groups excluding carboxylic acids is 5. The number of aliphatic hydroxyl groups excluding tert-OH is 11. The molecule has 6 amide bonds. The zero-order valence-corrected chi connectivity index (χ0v) is 43.5. The standard InChI is InChI=1S/C46H78N6O24S/c1-19(56)49-30-35(63)34(62)25(74-42(30)69-13-7-3-4-9-27(58)47-11-12-48-28(59)10-6-5-8-26-29-21(18-77-26)51-46(68)52-29)17-70-43-31(50-20(2)57)41(76-45-39(67)37(65)33(61)23(15-54)72-45)40(24(16-55)73-43)75-44-38(66)36(64)32(60)22(14-53)71-44/h21-26,29-45,53-55,60-67H,3-18H2,1-2H3,(H,47,58)(H,48,59)(H,49,56)(H,50,57)(H2,51,52,68)/t21-,22+,23+,24+,25+,26-,29-,30+,31+,32-,33-,34-,35+,36-,37-,38+,39+,40+,41+,42-,43+,44-,45-/m0/s1. The highest BCUT2D eigenvalue weighted by Gasteiger charge is 2.56. The van der Waals surface area contributed by atoms with Crippen molar-refractivity contribution in [3.8, 4) is 0 Å². The smallest absolute Gasteiger partial charge is 0.315 e. The summed E-state index contributed by atoms with van der Waals surface area (Å²) in [6, 6.07) is -2.76. The number of thioether (sulfide) groups is 1. The van der Waals surface area contributed by atoms with E-state index in [-0.39, 0.29) is 56.0 Å². The van der Waals surface area contributed by atoms with E-state index in [4.69, 9.17) is 37.9 Å². The number of hydrogen-bond acceptors (Lipinski definition) is 25. The van der Waals surface area contributed by atoms with Crippen LogP contribution in [0.25, 0.3) is 0 Å². The van der Waals surface area contributed by atoms with E-state index < -0.39 is 161 Å². The van der Waals surface area contributed by atoms with Crippen LogP contribution in [0.4, 0.5) is 4.79 Å². The first-order valence-corrected chi connectivity index (χ1v) is 27.0. The molecule has 6 aliphatic heterocycles. The van der Waals surface area contributed by atoms with Crippen LogP contribution in [-0.4, -0.2) is 278 Å². The third-order valence-corrected chi connectivity index (χ3v) is 15.7. The summed E-state index contributed by atoms with van der Waals surface area (Å²) in [6.45, 7) is -0.597. The number of ether oxygens (including phenoxy) is 8. The van der Waals surface area contributed by atoms with E-state index >= 15 is 0 Å². The first-order chi connectivity index (χ1) is 36.8. The van der Waals surface area contributed by atoms with Gasteiger partial charge in [0.25, 0.3) is 0 Å². The molecule has 0 aromatic rings. The minimum absolute atomic E-state index is 0.000482. The van der Waals surface area contributed by atoms with Crippen molar-refractivity contribution >= 4 is 41.4 Å². The number of nitrogens with one attached hydrogen (secondary N) is 6. The van der Waals surface area contributed by atoms with Crippen molar-refractivity contribution in [3.63, 3.8) is 0 Å². The predicted octanol–water partition coefficient (Wildman–Crippen LogP) is -7.92. The van der Waals surface area contributed by atoms with Crippen molar-refractivity contribution in [2.75, 3.05) is 51.9 Å². The van der Waals surface area contributed by atoms with Gasteiger partial charge in [-0.2, -0.15) is 11.8 Å². The minimum Gasteiger partial charge on any atom is -0.394 e. The summed E-state index contributed by atoms with van der Waals surface area (Å²) in [4.78, 5) is 61.5. The molecule has 0 aromatic heterocycles. The number of rotatable bonds is 27. The molecule has 0 unspecified atom stereocenters. The summed E-state index contributed by atoms with van der Waals surface area (Å²) < 4.78 is 47.3. The van der Waals surface area contributed by atoms with E-state index in [0.29, 0.717) is 37.4 Å². The molecule has 0 spiro atoms. The molecule has 0 aliphatic carbocycles. The molecule has 23 atom stereocenters. The van der Waals surface area contributed by atoms with E-state index in [1.54, 1.807) is 0 Å². The second-order valence-corrected chi connectivity index (χ2v) is 21.2. The van der Waals surface area contributed by atoms with Crippen LogP contribution in [0.2, 0.25) is 0 Å². The molecule has 0 saturated carbocycles. The van der Waals surface area contributed by atoms with E-state index in [2.05, 4.69) is 31.9 Å². The highest BCUT2D eigenvalue weighted by Crippen LogP contribution is 2.36. The first kappa shape index (κ1) is 62.9. The highest BCUT2D eigenvalue weighted by atomic mass is 32.2. The lowest BCUT2D eigenvalue weighted by atomic mass is 9.94. The Balaban J connectivity index is 1.01. The van der Waals surface area contributed by atoms with Gasteiger partial charge >= 0.3 is 6.03 Å². The lowest BCUT2D eigenvalue weighted by Gasteiger charge is -2.50. The van der Waals surface area contributed by atoms with E-state index in [0.717, 1.165) is 25.5 Å². The molecule has 6 heterocycles. The molecular weight excluding hydrogens is 1050 g/mol. The van der Waals surface area contributed by atoms with Crippen LogP contribution in [0.1, 0.15) is 65.2 Å². The van der Waals surface area contributed by atoms with Crippen LogP contribution in [0, 0.1) is 0 Å². The van der Waals surface area contributed by atoms with E-state index in [9.17, 15) is 80.1 Å². The summed E-state index contributed by atoms with van der Waals surface area (Å²) in [5.41, 5.74) is 0. The van der Waals surface area contributed by atoms with Gasteiger partial charge < -0.3 is 126 Å². The van der Waals surface area contributed by atoms with Gasteiger partial charge in [-0.05, 0) is 25.7 Å². The molecule has 442 valence electrons. The molecule has 17 N–H and O–H groups in total. The summed E-state index contributed by atoms with van der Waals surface area (Å²) in [6.07, 6.45) is -27.2. The predicted molar refractivity (Wildman–Crippen MR) is 259 cm³/mol. The third-order valence-electron chi connectivity index (χ3n) is 14.2. The zero-order valence-electron chi connectivity index (χ0n) is 42.7. The number of urea groups is 1. The Bertz CT molecular complexity index is 1900. The summed E-state index contributed by atoms with van der Waals surface area (Å²) in [5, 5.41) is 134. The van der Waals surface area contributed by atoms with Crippen LogP contribution < -0.4 is 31.9 Å². The molecule has 6 aliphatic rings. The zero-order chi connectivity index (χ0) is 56.1. The van der Waals surface area contributed by atoms with Gasteiger partial charge in [-0.1, -0.05) is 12.8 Å². The molecule has 77 heavy (non-hydrogen) atoms. The van der Waals surface area contributed by atoms with Crippen LogP contribution in [-0.2, 0) is 57.1 Å². The lowest BCUT2D eigenvalue weighted by Crippen LogP contribution is -2.70. The topological polar surface area (TPSA) is 454 Å². The normalized spacial score (nSPS) is 40.0. The van der Waals surface area contributed by atoms with Crippen LogP contribution >= 0.6 is 11.8 Å². The average Bonchev–Trinajstić information content (AvgIpc) is 3.98. The largest absolute Gasteiger partial charge is 0.394 e. The van der Waals surface area contributed by atoms with Crippen molar-refractivity contribution in [1.29, 1.82) is 0 Å². The van der Waals surface area contributed by atoms with Crippen molar-refractivity contribution in [1.82, 2.24) is 31.9 Å². The SMILES string of the molecule is CC(=O)N[C@H]1[C@@H](OCCCCCC(=O)NCCNC(=O)CCCC[C@@H]2SC[C@@H]3NC(=O)N[C@@H]32)O[C@H](CO[C@@H]2O[C@H](CO)[C@@H](O[C@@H]3O[C@H](CO)[C@H](O)[C@H](O)[C@H]3O)[C@H](O[C@@H]3O[C@H](CO)[C@H](O)[C@H](O)[C@H]3O)[C@H]2NC(C)=O)[C@H](O)[C@@H]1O. The van der Waals surface area contributed by atoms with E-state index in [1.165, 1.54) is 6.92 Å². The number of fused-ring (bicyclic) bond motifs is 1. The van der Waals surface area contributed by atoms with Gasteiger partial charge in [-0.25, -0.2) is 4.79 Å². The highest BCUT2D eigenvalue weighted by molar-refractivity contribution is 8.00. The Kier molecular flexibility index (Phi) is 24.5. The molecular formula is C46H78N6O24S. The summed E-state index contributed by atoms with van der Waals surface area (Å²) in [5.74, 6) is -0.827. The van der Waals surface area contributed by atoms with Gasteiger partial charge in [-0.15, -0.1) is 0 Å². The van der Waals surface area contributed by atoms with Crippen molar-refractivity contribution in [2.45, 2.75) is 205 Å². The molecule has 31 heteroatoms. The fourth-order valence-corrected chi connectivity index (χ4v) is 11.5. The number of aliphatic hydroxyl groups is 11. The fourth-order valence-electron chi connectivity index (χ4n) is 9.98. The van der Waals surface area contributed by atoms with Crippen molar-refractivity contribution in [2.24, 2.45) is 0 Å². The van der Waals surface area contributed by atoms with Gasteiger partial charge in [-0.3, -0.25) is 19.2 Å². The quantitative estimate of drug-likeness (QED) is 0.0268. The number of carbonyl (C=O) groups is 5. The Morgan fingerprint density at radius 3 is 1.65 bits per heavy atom. The molecule has 0 bridgehead atoms.